The van der Waals surface area contributed by atoms with Gasteiger partial charge in [0.25, 0.3) is 0 Å². The zero-order valence-corrected chi connectivity index (χ0v) is 11.0. The minimum Gasteiger partial charge on any atom is -0.388 e. The molecule has 5 heteroatoms. The lowest BCUT2D eigenvalue weighted by Crippen LogP contribution is -2.50. The van der Waals surface area contributed by atoms with E-state index in [-0.39, 0.29) is 18.3 Å². The number of carbonyl (C=O) groups excluding carboxylic acids is 1. The van der Waals surface area contributed by atoms with Gasteiger partial charge in [0, 0.05) is 18.2 Å². The molecule has 100 valence electrons. The highest BCUT2D eigenvalue weighted by molar-refractivity contribution is 5.85. The van der Waals surface area contributed by atoms with Crippen LogP contribution in [0.15, 0.2) is 24.3 Å². The molecule has 0 radical (unpaired) electrons. The smallest absolute Gasteiger partial charge is 0.168 e. The molecule has 18 heavy (non-hydrogen) atoms. The summed E-state index contributed by atoms with van der Waals surface area (Å²) in [5.41, 5.74) is 6.06. The first kappa shape index (κ1) is 15.1. The molecular weight excluding hydrogens is 254 g/mol. The van der Waals surface area contributed by atoms with Gasteiger partial charge in [-0.2, -0.15) is 0 Å². The predicted octanol–water partition coefficient (Wildman–Crippen LogP) is 1.45. The van der Waals surface area contributed by atoms with Gasteiger partial charge in [-0.3, -0.25) is 10.5 Å². The van der Waals surface area contributed by atoms with Crippen molar-refractivity contribution < 1.29 is 14.6 Å². The van der Waals surface area contributed by atoms with Gasteiger partial charge in [-0.25, -0.2) is 0 Å². The fourth-order valence-corrected chi connectivity index (χ4v) is 2.03. The largest absolute Gasteiger partial charge is 0.388 e. The molecule has 1 aliphatic rings. The molecule has 1 aromatic carbocycles. The third-order valence-corrected chi connectivity index (χ3v) is 3.32. The van der Waals surface area contributed by atoms with Crippen LogP contribution in [0, 0.1) is 5.92 Å². The van der Waals surface area contributed by atoms with Crippen LogP contribution in [0.3, 0.4) is 0 Å². The van der Waals surface area contributed by atoms with Gasteiger partial charge in [0.05, 0.1) is 0 Å². The molecule has 2 atom stereocenters. The van der Waals surface area contributed by atoms with Crippen LogP contribution in [0.5, 0.6) is 0 Å². The van der Waals surface area contributed by atoms with E-state index in [2.05, 4.69) is 0 Å². The van der Waals surface area contributed by atoms with Crippen molar-refractivity contribution in [1.29, 1.82) is 0 Å². The number of halogens is 1. The summed E-state index contributed by atoms with van der Waals surface area (Å²) >= 11 is 0. The second-order valence-corrected chi connectivity index (χ2v) is 4.52. The number of rotatable bonds is 5. The highest BCUT2D eigenvalue weighted by Gasteiger charge is 2.45. The summed E-state index contributed by atoms with van der Waals surface area (Å²) in [5.74, 6) is 0.194. The van der Waals surface area contributed by atoms with Crippen molar-refractivity contribution in [3.8, 4) is 0 Å². The van der Waals surface area contributed by atoms with Crippen molar-refractivity contribution in [3.05, 3.63) is 35.4 Å². The van der Waals surface area contributed by atoms with Crippen LogP contribution in [0.2, 0.25) is 0 Å². The zero-order chi connectivity index (χ0) is 12.5. The van der Waals surface area contributed by atoms with Crippen LogP contribution < -0.4 is 5.73 Å². The van der Waals surface area contributed by atoms with Gasteiger partial charge in [-0.1, -0.05) is 18.2 Å². The minimum atomic E-state index is -1.24. The van der Waals surface area contributed by atoms with E-state index in [1.165, 1.54) is 7.11 Å². The SMILES string of the molecule is CO[C@@](N)(c1cccc(C=O)c1)[C@@H](O)C1CC1.Cl. The summed E-state index contributed by atoms with van der Waals surface area (Å²) < 4.78 is 5.30. The number of carbonyl (C=O) groups is 1. The quantitative estimate of drug-likeness (QED) is 0.628. The van der Waals surface area contributed by atoms with Gasteiger partial charge in [0.2, 0.25) is 0 Å². The average molecular weight is 272 g/mol. The number of aliphatic hydroxyl groups excluding tert-OH is 1. The first-order valence-electron chi connectivity index (χ1n) is 5.69. The number of aliphatic hydroxyl groups is 1. The van der Waals surface area contributed by atoms with E-state index in [1.54, 1.807) is 24.3 Å². The van der Waals surface area contributed by atoms with Gasteiger partial charge >= 0.3 is 0 Å². The topological polar surface area (TPSA) is 72.5 Å². The summed E-state index contributed by atoms with van der Waals surface area (Å²) in [6, 6.07) is 6.85. The molecule has 1 aliphatic carbocycles. The Labute approximate surface area is 113 Å². The molecule has 0 amide bonds. The Morgan fingerprint density at radius 3 is 2.72 bits per heavy atom. The maximum Gasteiger partial charge on any atom is 0.168 e. The molecule has 0 saturated heterocycles. The Balaban J connectivity index is 0.00000162. The number of hydrogen-bond acceptors (Lipinski definition) is 4. The van der Waals surface area contributed by atoms with Crippen molar-refractivity contribution in [3.63, 3.8) is 0 Å². The normalized spacial score (nSPS) is 19.5. The molecule has 1 fully saturated rings. The van der Waals surface area contributed by atoms with E-state index in [0.717, 1.165) is 19.1 Å². The lowest BCUT2D eigenvalue weighted by Gasteiger charge is -2.33. The van der Waals surface area contributed by atoms with E-state index < -0.39 is 11.8 Å². The summed E-state index contributed by atoms with van der Waals surface area (Å²) in [4.78, 5) is 10.7. The number of ether oxygens (including phenoxy) is 1. The summed E-state index contributed by atoms with van der Waals surface area (Å²) in [7, 11) is 1.47. The third kappa shape index (κ3) is 2.72. The minimum absolute atomic E-state index is 0. The molecule has 0 aliphatic heterocycles. The Hall–Kier alpha value is -0.940. The van der Waals surface area contributed by atoms with Crippen LogP contribution in [0.1, 0.15) is 28.8 Å². The highest BCUT2D eigenvalue weighted by atomic mass is 35.5. The molecule has 0 heterocycles. The van der Waals surface area contributed by atoms with Gasteiger partial charge in [0.1, 0.15) is 12.4 Å². The molecule has 0 bridgehead atoms. The van der Waals surface area contributed by atoms with E-state index in [9.17, 15) is 9.90 Å². The van der Waals surface area contributed by atoms with Crippen LogP contribution in [0.4, 0.5) is 0 Å². The summed E-state index contributed by atoms with van der Waals surface area (Å²) in [6.45, 7) is 0. The lowest BCUT2D eigenvalue weighted by molar-refractivity contribution is -0.113. The van der Waals surface area contributed by atoms with Crippen molar-refractivity contribution in [1.82, 2.24) is 0 Å². The van der Waals surface area contributed by atoms with E-state index in [1.807, 2.05) is 0 Å². The highest BCUT2D eigenvalue weighted by Crippen LogP contribution is 2.40. The fourth-order valence-electron chi connectivity index (χ4n) is 2.03. The molecular formula is C13H18ClNO3. The number of nitrogens with two attached hydrogens (primary N) is 1. The van der Waals surface area contributed by atoms with Crippen LogP contribution >= 0.6 is 12.4 Å². The summed E-state index contributed by atoms with van der Waals surface area (Å²) in [5, 5.41) is 10.2. The molecule has 0 aromatic heterocycles. The molecule has 0 unspecified atom stereocenters. The van der Waals surface area contributed by atoms with Crippen molar-refractivity contribution in [2.24, 2.45) is 11.7 Å². The number of hydrogen-bond donors (Lipinski definition) is 2. The maximum absolute atomic E-state index is 10.7. The third-order valence-electron chi connectivity index (χ3n) is 3.32. The molecule has 0 spiro atoms. The van der Waals surface area contributed by atoms with Crippen molar-refractivity contribution in [2.45, 2.75) is 24.7 Å². The number of benzene rings is 1. The van der Waals surface area contributed by atoms with E-state index >= 15 is 0 Å². The van der Waals surface area contributed by atoms with Crippen molar-refractivity contribution >= 4 is 18.7 Å². The number of methoxy groups -OCH3 is 1. The standard InChI is InChI=1S/C13H17NO3.ClH/c1-17-13(14,12(16)10-5-6-10)11-4-2-3-9(7-11)8-15;/h2-4,7-8,10,12,16H,5-6,14H2,1H3;1H/t12-,13-;/m0./s1. The van der Waals surface area contributed by atoms with Crippen LogP contribution in [-0.4, -0.2) is 24.6 Å². The van der Waals surface area contributed by atoms with Gasteiger partial charge in [-0.05, 0) is 24.8 Å². The van der Waals surface area contributed by atoms with Crippen molar-refractivity contribution in [2.75, 3.05) is 7.11 Å². The first-order chi connectivity index (χ1) is 8.11. The number of aldehydes is 1. The van der Waals surface area contributed by atoms with E-state index in [4.69, 9.17) is 10.5 Å². The Kier molecular flexibility index (Phi) is 4.87. The Bertz CT molecular complexity index is 422. The Morgan fingerprint density at radius 1 is 1.56 bits per heavy atom. The average Bonchev–Trinajstić information content (AvgIpc) is 3.21. The predicted molar refractivity (Wildman–Crippen MR) is 70.7 cm³/mol. The molecule has 1 saturated carbocycles. The van der Waals surface area contributed by atoms with E-state index in [0.29, 0.717) is 11.1 Å². The first-order valence-corrected chi connectivity index (χ1v) is 5.69. The zero-order valence-electron chi connectivity index (χ0n) is 10.2. The van der Waals surface area contributed by atoms with Gasteiger partial charge < -0.3 is 9.84 Å². The molecule has 1 aromatic rings. The Morgan fingerprint density at radius 2 is 2.22 bits per heavy atom. The van der Waals surface area contributed by atoms with Crippen LogP contribution in [0.25, 0.3) is 0 Å². The molecule has 4 nitrogen and oxygen atoms in total. The summed E-state index contributed by atoms with van der Waals surface area (Å²) in [6.07, 6.45) is 1.95. The monoisotopic (exact) mass is 271 g/mol. The lowest BCUT2D eigenvalue weighted by atomic mass is 9.93. The molecule has 2 rings (SSSR count). The van der Waals surface area contributed by atoms with Gasteiger partial charge in [-0.15, -0.1) is 12.4 Å². The molecule has 3 N–H and O–H groups in total. The maximum atomic E-state index is 10.7. The second kappa shape index (κ2) is 5.80. The van der Waals surface area contributed by atoms with Crippen LogP contribution in [-0.2, 0) is 10.5 Å². The fraction of sp³-hybridized carbons (Fsp3) is 0.462. The van der Waals surface area contributed by atoms with Gasteiger partial charge in [0.15, 0.2) is 5.72 Å². The second-order valence-electron chi connectivity index (χ2n) is 4.52.